The van der Waals surface area contributed by atoms with Crippen LogP contribution in [0.4, 0.5) is 11.4 Å². The van der Waals surface area contributed by atoms with Crippen LogP contribution in [0.1, 0.15) is 11.1 Å². The Bertz CT molecular complexity index is 1130. The zero-order valence-corrected chi connectivity index (χ0v) is 20.1. The Hall–Kier alpha value is -2.57. The maximum absolute atomic E-state index is 13.0. The summed E-state index contributed by atoms with van der Waals surface area (Å²) in [5, 5.41) is 25.1. The number of anilines is 1. The Balaban J connectivity index is 1.39. The average molecular weight is 490 g/mol. The van der Waals surface area contributed by atoms with E-state index in [0.717, 1.165) is 25.6 Å². The number of aliphatic hydroxyl groups excluding tert-OH is 1. The normalized spacial score (nSPS) is 18.9. The van der Waals surface area contributed by atoms with Crippen molar-refractivity contribution >= 4 is 21.4 Å². The molecule has 1 saturated heterocycles. The van der Waals surface area contributed by atoms with E-state index in [2.05, 4.69) is 22.3 Å². The molecule has 184 valence electrons. The van der Waals surface area contributed by atoms with Crippen LogP contribution in [0.3, 0.4) is 0 Å². The molecule has 2 aliphatic rings. The lowest BCUT2D eigenvalue weighted by atomic mass is 10.00. The Morgan fingerprint density at radius 2 is 1.79 bits per heavy atom. The lowest BCUT2D eigenvalue weighted by Gasteiger charge is -2.31. The van der Waals surface area contributed by atoms with Crippen molar-refractivity contribution in [1.82, 2.24) is 14.1 Å². The molecule has 2 aromatic rings. The van der Waals surface area contributed by atoms with Crippen molar-refractivity contribution < 1.29 is 18.4 Å². The summed E-state index contributed by atoms with van der Waals surface area (Å²) < 4.78 is 27.3. The van der Waals surface area contributed by atoms with Crippen LogP contribution >= 0.6 is 0 Å². The van der Waals surface area contributed by atoms with Crippen LogP contribution in [0.5, 0.6) is 0 Å². The van der Waals surface area contributed by atoms with Crippen LogP contribution in [-0.4, -0.2) is 91.5 Å². The molecule has 0 saturated carbocycles. The van der Waals surface area contributed by atoms with Gasteiger partial charge >= 0.3 is 0 Å². The number of rotatable bonds is 8. The molecule has 11 heteroatoms. The molecule has 0 aromatic heterocycles. The number of fused-ring (bicyclic) bond motifs is 1. The molecule has 2 aromatic carbocycles. The minimum atomic E-state index is -3.81. The summed E-state index contributed by atoms with van der Waals surface area (Å²) in [6, 6.07) is 12.1. The zero-order valence-electron chi connectivity index (χ0n) is 19.3. The number of nitro groups is 1. The molecular weight excluding hydrogens is 458 g/mol. The molecule has 0 radical (unpaired) electrons. The van der Waals surface area contributed by atoms with Gasteiger partial charge < -0.3 is 15.3 Å². The Kier molecular flexibility index (Phi) is 7.48. The Morgan fingerprint density at radius 1 is 1.09 bits per heavy atom. The first-order valence-corrected chi connectivity index (χ1v) is 12.9. The molecule has 2 aliphatic heterocycles. The number of aliphatic hydroxyl groups is 1. The number of likely N-dealkylation sites (N-methyl/N-ethyl adjacent to an activating group) is 1. The molecule has 34 heavy (non-hydrogen) atoms. The largest absolute Gasteiger partial charge is 0.390 e. The second-order valence-electron chi connectivity index (χ2n) is 8.93. The Labute approximate surface area is 200 Å². The van der Waals surface area contributed by atoms with E-state index in [0.29, 0.717) is 32.7 Å². The van der Waals surface area contributed by atoms with Crippen molar-refractivity contribution in [1.29, 1.82) is 0 Å². The topological polar surface area (TPSA) is 119 Å². The molecule has 1 fully saturated rings. The standard InChI is InChI=1S/C23H31N5O5S/c1-25-10-12-27(13-11-25)34(32,33)21-6-7-22(23(14-21)28(30)31)24-15-20(29)17-26-9-8-18-4-2-3-5-19(18)16-26/h2-7,14,20,24,29H,8-13,15-17H2,1H3. The van der Waals surface area contributed by atoms with E-state index in [1.807, 2.05) is 24.1 Å². The van der Waals surface area contributed by atoms with Gasteiger partial charge in [-0.15, -0.1) is 0 Å². The van der Waals surface area contributed by atoms with E-state index >= 15 is 0 Å². The molecule has 4 rings (SSSR count). The highest BCUT2D eigenvalue weighted by molar-refractivity contribution is 7.89. The number of nitrogens with zero attached hydrogens (tertiary/aromatic N) is 4. The fourth-order valence-electron chi connectivity index (χ4n) is 4.45. The maximum atomic E-state index is 13.0. The van der Waals surface area contributed by atoms with Crippen molar-refractivity contribution in [3.05, 3.63) is 63.7 Å². The van der Waals surface area contributed by atoms with Crippen molar-refractivity contribution in [3.63, 3.8) is 0 Å². The second-order valence-corrected chi connectivity index (χ2v) is 10.9. The molecule has 2 N–H and O–H groups in total. The van der Waals surface area contributed by atoms with E-state index in [1.54, 1.807) is 0 Å². The highest BCUT2D eigenvalue weighted by atomic mass is 32.2. The van der Waals surface area contributed by atoms with Crippen LogP contribution in [0.15, 0.2) is 47.4 Å². The van der Waals surface area contributed by atoms with Crippen molar-refractivity contribution in [2.75, 3.05) is 58.2 Å². The van der Waals surface area contributed by atoms with Crippen LogP contribution in [0.25, 0.3) is 0 Å². The van der Waals surface area contributed by atoms with Crippen molar-refractivity contribution in [3.8, 4) is 0 Å². The number of nitro benzene ring substituents is 1. The predicted molar refractivity (Wildman–Crippen MR) is 129 cm³/mol. The quantitative estimate of drug-likeness (QED) is 0.421. The van der Waals surface area contributed by atoms with E-state index < -0.39 is 21.1 Å². The SMILES string of the molecule is CN1CCN(S(=O)(=O)c2ccc(NCC(O)CN3CCc4ccccc4C3)c([N+](=O)[O-])c2)CC1. The van der Waals surface area contributed by atoms with Gasteiger partial charge in [-0.25, -0.2) is 8.42 Å². The summed E-state index contributed by atoms with van der Waals surface area (Å²) in [5.41, 5.74) is 2.44. The van der Waals surface area contributed by atoms with Gasteiger partial charge in [-0.1, -0.05) is 24.3 Å². The van der Waals surface area contributed by atoms with Crippen molar-refractivity contribution in [2.45, 2.75) is 24.0 Å². The lowest BCUT2D eigenvalue weighted by molar-refractivity contribution is -0.384. The van der Waals surface area contributed by atoms with Gasteiger partial charge in [-0.3, -0.25) is 15.0 Å². The van der Waals surface area contributed by atoms with Crippen LogP contribution in [-0.2, 0) is 23.0 Å². The molecule has 2 heterocycles. The first-order chi connectivity index (χ1) is 16.2. The average Bonchev–Trinajstić information content (AvgIpc) is 2.82. The number of sulfonamides is 1. The molecule has 10 nitrogen and oxygen atoms in total. The fourth-order valence-corrected chi connectivity index (χ4v) is 5.89. The first kappa shape index (κ1) is 24.6. The summed E-state index contributed by atoms with van der Waals surface area (Å²) >= 11 is 0. The monoisotopic (exact) mass is 489 g/mol. The summed E-state index contributed by atoms with van der Waals surface area (Å²) in [4.78, 5) is 15.2. The third-order valence-corrected chi connectivity index (χ3v) is 8.37. The highest BCUT2D eigenvalue weighted by Crippen LogP contribution is 2.29. The number of benzene rings is 2. The van der Waals surface area contributed by atoms with E-state index in [9.17, 15) is 23.6 Å². The van der Waals surface area contributed by atoms with E-state index in [1.165, 1.54) is 27.6 Å². The minimum Gasteiger partial charge on any atom is -0.390 e. The van der Waals surface area contributed by atoms with Crippen LogP contribution < -0.4 is 5.32 Å². The lowest BCUT2D eigenvalue weighted by Crippen LogP contribution is -2.47. The maximum Gasteiger partial charge on any atom is 0.293 e. The van der Waals surface area contributed by atoms with Crippen molar-refractivity contribution in [2.24, 2.45) is 0 Å². The predicted octanol–water partition coefficient (Wildman–Crippen LogP) is 1.36. The third kappa shape index (κ3) is 5.56. The second kappa shape index (κ2) is 10.4. The number of hydrogen-bond donors (Lipinski definition) is 2. The summed E-state index contributed by atoms with van der Waals surface area (Å²) in [7, 11) is -1.89. The van der Waals surface area contributed by atoms with Gasteiger partial charge in [0.2, 0.25) is 10.0 Å². The molecule has 0 bridgehead atoms. The number of piperazine rings is 1. The number of nitrogens with one attached hydrogen (secondary N) is 1. The molecular formula is C23H31N5O5S. The smallest absolute Gasteiger partial charge is 0.293 e. The molecule has 1 unspecified atom stereocenters. The first-order valence-electron chi connectivity index (χ1n) is 11.4. The van der Waals surface area contributed by atoms with Gasteiger partial charge in [0.25, 0.3) is 5.69 Å². The van der Waals surface area contributed by atoms with Gasteiger partial charge in [-0.05, 0) is 36.7 Å². The van der Waals surface area contributed by atoms with Gasteiger partial charge in [-0.2, -0.15) is 4.31 Å². The van der Waals surface area contributed by atoms with Gasteiger partial charge in [0.05, 0.1) is 15.9 Å². The molecule has 0 spiro atoms. The van der Waals surface area contributed by atoms with Crippen LogP contribution in [0.2, 0.25) is 0 Å². The summed E-state index contributed by atoms with van der Waals surface area (Å²) in [5.74, 6) is 0. The molecule has 0 aliphatic carbocycles. The highest BCUT2D eigenvalue weighted by Gasteiger charge is 2.30. The van der Waals surface area contributed by atoms with Gasteiger partial charge in [0.15, 0.2) is 0 Å². The number of β-amino-alcohol motifs (C(OH)–C–C–N with tert-alkyl or cyclic N) is 1. The fraction of sp³-hybridized carbons (Fsp3) is 0.478. The molecule has 0 amide bonds. The summed E-state index contributed by atoms with van der Waals surface area (Å²) in [6.45, 7) is 4.07. The van der Waals surface area contributed by atoms with E-state index in [-0.39, 0.29) is 22.8 Å². The van der Waals surface area contributed by atoms with Gasteiger partial charge in [0, 0.05) is 58.4 Å². The summed E-state index contributed by atoms with van der Waals surface area (Å²) in [6.07, 6.45) is 0.184. The number of hydrogen-bond acceptors (Lipinski definition) is 8. The van der Waals surface area contributed by atoms with Crippen LogP contribution in [0, 0.1) is 10.1 Å². The Morgan fingerprint density at radius 3 is 2.50 bits per heavy atom. The minimum absolute atomic E-state index is 0.0955. The third-order valence-electron chi connectivity index (χ3n) is 6.47. The van der Waals surface area contributed by atoms with Gasteiger partial charge in [0.1, 0.15) is 5.69 Å². The van der Waals surface area contributed by atoms with E-state index in [4.69, 9.17) is 0 Å². The molecule has 1 atom stereocenters. The zero-order chi connectivity index (χ0) is 24.3.